The van der Waals surface area contributed by atoms with E-state index in [2.05, 4.69) is 10.6 Å². The van der Waals surface area contributed by atoms with Crippen molar-refractivity contribution in [1.82, 2.24) is 5.32 Å². The molecular formula is C25H20F6I2N2O2. The van der Waals surface area contributed by atoms with Gasteiger partial charge in [0.05, 0.1) is 5.70 Å². The highest BCUT2D eigenvalue weighted by Crippen LogP contribution is 2.56. The second kappa shape index (κ2) is 10.9. The summed E-state index contributed by atoms with van der Waals surface area (Å²) in [5.41, 5.74) is -3.87. The third-order valence-corrected chi connectivity index (χ3v) is 8.33. The molecule has 3 unspecified atom stereocenters. The maximum Gasteiger partial charge on any atom is 0.429 e. The summed E-state index contributed by atoms with van der Waals surface area (Å²) in [5.74, 6) is -9.30. The molecular weight excluding hydrogens is 728 g/mol. The van der Waals surface area contributed by atoms with Gasteiger partial charge in [-0.1, -0.05) is 37.3 Å². The highest BCUT2D eigenvalue weighted by atomic mass is 127. The smallest absolute Gasteiger partial charge is 0.322 e. The molecule has 3 atom stereocenters. The highest BCUT2D eigenvalue weighted by molar-refractivity contribution is 14.1. The predicted molar refractivity (Wildman–Crippen MR) is 145 cm³/mol. The predicted octanol–water partition coefficient (Wildman–Crippen LogP) is 7.83. The molecule has 0 aliphatic heterocycles. The molecule has 3 rings (SSSR count). The summed E-state index contributed by atoms with van der Waals surface area (Å²) in [5, 5.41) is 5.25. The van der Waals surface area contributed by atoms with Crippen molar-refractivity contribution < 1.29 is 35.9 Å². The Morgan fingerprint density at radius 2 is 1.41 bits per heavy atom. The first kappa shape index (κ1) is 29.5. The van der Waals surface area contributed by atoms with Crippen molar-refractivity contribution in [3.63, 3.8) is 0 Å². The molecule has 0 radical (unpaired) electrons. The summed E-state index contributed by atoms with van der Waals surface area (Å²) in [6, 6.07) is 14.3. The molecule has 0 heterocycles. The van der Waals surface area contributed by atoms with Gasteiger partial charge in [0, 0.05) is 36.8 Å². The number of anilines is 1. The average molecular weight is 748 g/mol. The largest absolute Gasteiger partial charge is 0.429 e. The Kier molecular flexibility index (Phi) is 8.71. The standard InChI is InChI=1S/C25H20F6I2N2O2/c1-13-17(24(28,23(2,26)27)25(29,30)31)12-18(32)20(19(13)33)35-22(37)15-9-6-10-16(11-15)34-21(36)14-7-4-3-5-8-14/h3-13,17H,1-2H3,(H,34,36)(H,35,37). The number of alkyl halides is 6. The van der Waals surface area contributed by atoms with E-state index in [1.807, 2.05) is 0 Å². The zero-order valence-electron chi connectivity index (χ0n) is 19.3. The van der Waals surface area contributed by atoms with Gasteiger partial charge < -0.3 is 10.6 Å². The van der Waals surface area contributed by atoms with Crippen LogP contribution < -0.4 is 10.6 Å². The van der Waals surface area contributed by atoms with Crippen LogP contribution in [-0.2, 0) is 0 Å². The number of amides is 2. The average Bonchev–Trinajstić information content (AvgIpc) is 2.82. The van der Waals surface area contributed by atoms with Gasteiger partial charge in [-0.15, -0.1) is 0 Å². The molecule has 0 spiro atoms. The Balaban J connectivity index is 1.85. The number of hydrogen-bond donors (Lipinski definition) is 2. The molecule has 2 amide bonds. The minimum Gasteiger partial charge on any atom is -0.322 e. The Bertz CT molecular complexity index is 1240. The van der Waals surface area contributed by atoms with E-state index in [0.717, 1.165) is 6.08 Å². The minimum absolute atomic E-state index is 0.0116. The van der Waals surface area contributed by atoms with Crippen LogP contribution in [0.1, 0.15) is 34.6 Å². The number of carbonyl (C=O) groups is 2. The molecule has 0 saturated carbocycles. The summed E-state index contributed by atoms with van der Waals surface area (Å²) < 4.78 is 83.9. The Labute approximate surface area is 236 Å². The molecule has 198 valence electrons. The Morgan fingerprint density at radius 3 is 1.97 bits per heavy atom. The lowest BCUT2D eigenvalue weighted by molar-refractivity contribution is -0.313. The van der Waals surface area contributed by atoms with Gasteiger partial charge in [0.15, 0.2) is 0 Å². The van der Waals surface area contributed by atoms with Crippen molar-refractivity contribution >= 4 is 62.7 Å². The number of benzene rings is 2. The third kappa shape index (κ3) is 5.99. The van der Waals surface area contributed by atoms with Gasteiger partial charge in [-0.3, -0.25) is 9.59 Å². The van der Waals surface area contributed by atoms with Crippen LogP contribution in [0, 0.1) is 11.8 Å². The van der Waals surface area contributed by atoms with Crippen LogP contribution in [0.5, 0.6) is 0 Å². The van der Waals surface area contributed by atoms with E-state index in [1.54, 1.807) is 81.6 Å². The fraction of sp³-hybridized carbons (Fsp3) is 0.280. The molecule has 0 bridgehead atoms. The maximum atomic E-state index is 15.1. The maximum absolute atomic E-state index is 15.1. The summed E-state index contributed by atoms with van der Waals surface area (Å²) in [4.78, 5) is 25.3. The molecule has 4 nitrogen and oxygen atoms in total. The van der Waals surface area contributed by atoms with Gasteiger partial charge in [0.25, 0.3) is 23.4 Å². The fourth-order valence-electron chi connectivity index (χ4n) is 3.91. The number of halogens is 8. The van der Waals surface area contributed by atoms with E-state index in [0.29, 0.717) is 11.3 Å². The van der Waals surface area contributed by atoms with E-state index in [4.69, 9.17) is 0 Å². The zero-order chi connectivity index (χ0) is 27.8. The van der Waals surface area contributed by atoms with E-state index < -0.39 is 41.4 Å². The van der Waals surface area contributed by atoms with Gasteiger partial charge in [-0.25, -0.2) is 13.2 Å². The van der Waals surface area contributed by atoms with Gasteiger partial charge in [-0.2, -0.15) is 13.2 Å². The molecule has 1 aliphatic rings. The van der Waals surface area contributed by atoms with E-state index in [9.17, 15) is 31.5 Å². The molecule has 2 aromatic rings. The molecule has 0 aromatic heterocycles. The van der Waals surface area contributed by atoms with Crippen LogP contribution in [-0.4, -0.2) is 29.6 Å². The van der Waals surface area contributed by atoms with Gasteiger partial charge in [-0.05, 0) is 81.4 Å². The minimum atomic E-state index is -5.83. The SMILES string of the molecule is CC1C(I)=C(NC(=O)c2cccc(NC(=O)c3ccccc3)c2)C(I)=CC1C(F)(C(C)(F)F)C(F)(F)F. The number of carbonyl (C=O) groups excluding carboxylic acids is 2. The normalized spacial score (nSPS) is 20.1. The summed E-state index contributed by atoms with van der Waals surface area (Å²) >= 11 is 3.22. The highest BCUT2D eigenvalue weighted by Gasteiger charge is 2.73. The topological polar surface area (TPSA) is 58.2 Å². The number of allylic oxidation sites excluding steroid dienone is 3. The third-order valence-electron chi connectivity index (χ3n) is 5.91. The molecule has 0 fully saturated rings. The number of hydrogen-bond acceptors (Lipinski definition) is 2. The number of nitrogens with one attached hydrogen (secondary N) is 2. The van der Waals surface area contributed by atoms with Crippen LogP contribution in [0.2, 0.25) is 0 Å². The van der Waals surface area contributed by atoms with Gasteiger partial charge in [0.2, 0.25) is 0 Å². The van der Waals surface area contributed by atoms with Crippen LogP contribution in [0.15, 0.2) is 73.5 Å². The molecule has 12 heteroatoms. The van der Waals surface area contributed by atoms with E-state index in [-0.39, 0.29) is 25.3 Å². The lowest BCUT2D eigenvalue weighted by Gasteiger charge is -2.42. The van der Waals surface area contributed by atoms with Crippen molar-refractivity contribution in [2.75, 3.05) is 5.32 Å². The molecule has 0 saturated heterocycles. The summed E-state index contributed by atoms with van der Waals surface area (Å²) in [7, 11) is 0. The lowest BCUT2D eigenvalue weighted by Crippen LogP contribution is -2.60. The lowest BCUT2D eigenvalue weighted by atomic mass is 9.74. The second-order valence-corrected chi connectivity index (χ2v) is 10.8. The van der Waals surface area contributed by atoms with Crippen molar-refractivity contribution in [1.29, 1.82) is 0 Å². The first-order valence-corrected chi connectivity index (χ1v) is 12.9. The van der Waals surface area contributed by atoms with Gasteiger partial charge >= 0.3 is 6.18 Å². The monoisotopic (exact) mass is 748 g/mol. The van der Waals surface area contributed by atoms with Crippen molar-refractivity contribution in [3.8, 4) is 0 Å². The zero-order valence-corrected chi connectivity index (χ0v) is 23.6. The van der Waals surface area contributed by atoms with Crippen molar-refractivity contribution in [3.05, 3.63) is 84.7 Å². The first-order chi connectivity index (χ1) is 17.1. The van der Waals surface area contributed by atoms with Crippen LogP contribution in [0.3, 0.4) is 0 Å². The van der Waals surface area contributed by atoms with Crippen molar-refractivity contribution in [2.24, 2.45) is 11.8 Å². The molecule has 1 aliphatic carbocycles. The van der Waals surface area contributed by atoms with Gasteiger partial charge in [0.1, 0.15) is 0 Å². The summed E-state index contributed by atoms with van der Waals surface area (Å²) in [6.45, 7) is 1.11. The fourth-order valence-corrected chi connectivity index (χ4v) is 6.05. The molecule has 2 N–H and O–H groups in total. The quantitative estimate of drug-likeness (QED) is 0.234. The van der Waals surface area contributed by atoms with E-state index >= 15 is 4.39 Å². The first-order valence-electron chi connectivity index (χ1n) is 10.8. The van der Waals surface area contributed by atoms with Crippen LogP contribution in [0.25, 0.3) is 0 Å². The Morgan fingerprint density at radius 1 is 0.838 bits per heavy atom. The molecule has 2 aromatic carbocycles. The summed E-state index contributed by atoms with van der Waals surface area (Å²) in [6.07, 6.45) is -5.05. The Hall–Kier alpha value is -2.10. The number of rotatable bonds is 6. The van der Waals surface area contributed by atoms with E-state index in [1.165, 1.54) is 25.1 Å². The second-order valence-electron chi connectivity index (χ2n) is 8.50. The molecule has 37 heavy (non-hydrogen) atoms. The van der Waals surface area contributed by atoms with Crippen LogP contribution in [0.4, 0.5) is 32.0 Å². The van der Waals surface area contributed by atoms with Crippen molar-refractivity contribution in [2.45, 2.75) is 31.6 Å². The van der Waals surface area contributed by atoms with Crippen LogP contribution >= 0.6 is 45.2 Å².